The molecule has 0 aliphatic heterocycles. The minimum atomic E-state index is -2.63. The average molecular weight is 548 g/mol. The van der Waals surface area contributed by atoms with E-state index >= 15 is 0 Å². The van der Waals surface area contributed by atoms with Crippen LogP contribution in [0, 0.1) is 0 Å². The molecule has 0 saturated carbocycles. The second-order valence-corrected chi connectivity index (χ2v) is 9.72. The summed E-state index contributed by atoms with van der Waals surface area (Å²) in [6.07, 6.45) is -5.17. The van der Waals surface area contributed by atoms with Gasteiger partial charge in [0.2, 0.25) is 6.17 Å². The first-order valence-electron chi connectivity index (χ1n) is 10.6. The number of amides is 1. The van der Waals surface area contributed by atoms with Crippen LogP contribution < -0.4 is 9.64 Å². The number of hydrogen-bond donors (Lipinski definition) is 0. The first-order chi connectivity index (χ1) is 16.5. The molecule has 8 heteroatoms. The number of anilines is 1. The molecule has 2 unspecified atom stereocenters. The zero-order valence-electron chi connectivity index (χ0n) is 18.0. The summed E-state index contributed by atoms with van der Waals surface area (Å²) in [6.45, 7) is -1.38. The van der Waals surface area contributed by atoms with Gasteiger partial charge in [0, 0.05) is 14.0 Å². The summed E-state index contributed by atoms with van der Waals surface area (Å²) in [5.41, 5.74) is 1.18. The number of fused-ring (bicyclic) bond motifs is 1. The Morgan fingerprint density at radius 1 is 1.00 bits per heavy atom. The lowest BCUT2D eigenvalue weighted by Gasteiger charge is -2.27. The van der Waals surface area contributed by atoms with E-state index in [1.54, 1.807) is 18.2 Å². The number of rotatable bonds is 9. The third-order valence-corrected chi connectivity index (χ3v) is 6.80. The molecule has 0 saturated heterocycles. The average Bonchev–Trinajstić information content (AvgIpc) is 3.28. The molecule has 4 rings (SSSR count). The van der Waals surface area contributed by atoms with Crippen LogP contribution in [0.15, 0.2) is 83.3 Å². The lowest BCUT2D eigenvalue weighted by molar-refractivity contribution is -0.126. The van der Waals surface area contributed by atoms with E-state index in [1.165, 1.54) is 11.3 Å². The van der Waals surface area contributed by atoms with Crippen LogP contribution in [0.25, 0.3) is 10.1 Å². The van der Waals surface area contributed by atoms with E-state index in [0.29, 0.717) is 10.2 Å². The number of thiophene rings is 1. The van der Waals surface area contributed by atoms with Crippen molar-refractivity contribution in [3.8, 4) is 5.75 Å². The van der Waals surface area contributed by atoms with E-state index in [4.69, 9.17) is 4.74 Å². The molecule has 2 atom stereocenters. The number of ether oxygens (including phenoxy) is 1. The molecule has 0 spiro atoms. The highest BCUT2D eigenvalue weighted by atomic mass is 79.9. The summed E-state index contributed by atoms with van der Waals surface area (Å²) in [6, 6.07) is 24.0. The van der Waals surface area contributed by atoms with Crippen LogP contribution in [-0.2, 0) is 17.9 Å². The molecule has 0 aliphatic carbocycles. The summed E-state index contributed by atoms with van der Waals surface area (Å²) in [5, 5.41) is 0.982. The molecular weight excluding hydrogens is 527 g/mol. The fourth-order valence-corrected chi connectivity index (χ4v) is 4.89. The van der Waals surface area contributed by atoms with Crippen molar-refractivity contribution in [2.45, 2.75) is 25.5 Å². The molecule has 3 aromatic carbocycles. The molecular formula is C26H21BrF3NO2S. The minimum Gasteiger partial charge on any atom is -0.487 e. The van der Waals surface area contributed by atoms with Crippen LogP contribution in [0.4, 0.5) is 18.9 Å². The van der Waals surface area contributed by atoms with E-state index in [9.17, 15) is 18.0 Å². The molecule has 0 fully saturated rings. The van der Waals surface area contributed by atoms with Crippen molar-refractivity contribution in [3.05, 3.63) is 93.8 Å². The number of halogens is 4. The van der Waals surface area contributed by atoms with Gasteiger partial charge in [-0.2, -0.15) is 0 Å². The summed E-state index contributed by atoms with van der Waals surface area (Å²) < 4.78 is 49.0. The van der Waals surface area contributed by atoms with Crippen LogP contribution in [-0.4, -0.2) is 24.9 Å². The standard InChI is InChI=1S/C26H21BrF3NO2S/c27-19-10-11-22(23(13-19)33-16-17-6-2-1-3-7-17)31(26(32)25(30)21(29)14-28)15-20-12-18-8-4-5-9-24(18)34-20/h1-13,21,25H,14-16H2. The maximum absolute atomic E-state index is 14.6. The minimum absolute atomic E-state index is 0.0130. The van der Waals surface area contributed by atoms with Crippen LogP contribution in [0.2, 0.25) is 0 Å². The van der Waals surface area contributed by atoms with E-state index in [2.05, 4.69) is 15.9 Å². The van der Waals surface area contributed by atoms with Crippen molar-refractivity contribution in [3.63, 3.8) is 0 Å². The van der Waals surface area contributed by atoms with E-state index in [-0.39, 0.29) is 18.8 Å². The molecule has 1 aromatic heterocycles. The number of carbonyl (C=O) groups excluding carboxylic acids is 1. The SMILES string of the molecule is O=C(C(F)C(F)CF)N(Cc1cc2ccccc2s1)c1ccc(Br)cc1OCc1ccccc1. The summed E-state index contributed by atoms with van der Waals surface area (Å²) in [4.78, 5) is 15.0. The first-order valence-corrected chi connectivity index (χ1v) is 12.2. The molecule has 0 bridgehead atoms. The Labute approximate surface area is 207 Å². The van der Waals surface area contributed by atoms with Gasteiger partial charge in [-0.3, -0.25) is 4.79 Å². The smallest absolute Gasteiger partial charge is 0.265 e. The number of benzene rings is 3. The van der Waals surface area contributed by atoms with Crippen LogP contribution in [0.3, 0.4) is 0 Å². The third-order valence-electron chi connectivity index (χ3n) is 5.21. The zero-order chi connectivity index (χ0) is 24.1. The van der Waals surface area contributed by atoms with Crippen molar-refractivity contribution >= 4 is 48.9 Å². The number of alkyl halides is 3. The van der Waals surface area contributed by atoms with Crippen molar-refractivity contribution in [1.29, 1.82) is 0 Å². The van der Waals surface area contributed by atoms with Gasteiger partial charge in [-0.05, 0) is 41.3 Å². The van der Waals surface area contributed by atoms with E-state index in [1.807, 2.05) is 60.7 Å². The maximum atomic E-state index is 14.6. The summed E-state index contributed by atoms with van der Waals surface area (Å²) in [7, 11) is 0. The van der Waals surface area contributed by atoms with Crippen molar-refractivity contribution < 1.29 is 22.7 Å². The van der Waals surface area contributed by atoms with Crippen molar-refractivity contribution in [1.82, 2.24) is 0 Å². The fourth-order valence-electron chi connectivity index (χ4n) is 3.50. The lowest BCUT2D eigenvalue weighted by Crippen LogP contribution is -2.42. The van der Waals surface area contributed by atoms with Crippen molar-refractivity contribution in [2.24, 2.45) is 0 Å². The molecule has 1 heterocycles. The summed E-state index contributed by atoms with van der Waals surface area (Å²) in [5.74, 6) is -0.843. The fraction of sp³-hybridized carbons (Fsp3) is 0.192. The van der Waals surface area contributed by atoms with Crippen LogP contribution >= 0.6 is 27.3 Å². The van der Waals surface area contributed by atoms with E-state index < -0.39 is 24.9 Å². The number of hydrogen-bond acceptors (Lipinski definition) is 3. The Balaban J connectivity index is 1.70. The highest BCUT2D eigenvalue weighted by Gasteiger charge is 2.34. The highest BCUT2D eigenvalue weighted by molar-refractivity contribution is 9.10. The Morgan fingerprint density at radius 3 is 2.47 bits per heavy atom. The number of carbonyl (C=O) groups is 1. The Bertz CT molecular complexity index is 1230. The quantitative estimate of drug-likeness (QED) is 0.218. The molecule has 4 aromatic rings. The highest BCUT2D eigenvalue weighted by Crippen LogP contribution is 2.36. The summed E-state index contributed by atoms with van der Waals surface area (Å²) >= 11 is 4.85. The molecule has 34 heavy (non-hydrogen) atoms. The topological polar surface area (TPSA) is 29.5 Å². The second-order valence-electron chi connectivity index (χ2n) is 7.63. The second kappa shape index (κ2) is 11.1. The molecule has 3 nitrogen and oxygen atoms in total. The Morgan fingerprint density at radius 2 is 1.74 bits per heavy atom. The number of nitrogens with zero attached hydrogens (tertiary/aromatic N) is 1. The van der Waals surface area contributed by atoms with Gasteiger partial charge in [0.25, 0.3) is 5.91 Å². The van der Waals surface area contributed by atoms with Crippen molar-refractivity contribution in [2.75, 3.05) is 11.6 Å². The third kappa shape index (κ3) is 5.62. The molecule has 0 radical (unpaired) electrons. The van der Waals surface area contributed by atoms with Gasteiger partial charge in [-0.15, -0.1) is 11.3 Å². The van der Waals surface area contributed by atoms with Gasteiger partial charge in [-0.25, -0.2) is 13.2 Å². The maximum Gasteiger partial charge on any atom is 0.265 e. The van der Waals surface area contributed by atoms with Crippen LogP contribution in [0.5, 0.6) is 5.75 Å². The van der Waals surface area contributed by atoms with Crippen LogP contribution in [0.1, 0.15) is 10.4 Å². The molecule has 0 aliphatic rings. The predicted octanol–water partition coefficient (Wildman–Crippen LogP) is 7.42. The lowest BCUT2D eigenvalue weighted by atomic mass is 10.1. The van der Waals surface area contributed by atoms with Gasteiger partial charge < -0.3 is 9.64 Å². The molecule has 176 valence electrons. The van der Waals surface area contributed by atoms with Gasteiger partial charge in [0.05, 0.1) is 12.2 Å². The normalized spacial score (nSPS) is 12.9. The zero-order valence-corrected chi connectivity index (χ0v) is 20.4. The predicted molar refractivity (Wildman–Crippen MR) is 134 cm³/mol. The largest absolute Gasteiger partial charge is 0.487 e. The Kier molecular flexibility index (Phi) is 7.90. The first kappa shape index (κ1) is 24.3. The van der Waals surface area contributed by atoms with E-state index in [0.717, 1.165) is 25.4 Å². The molecule has 0 N–H and O–H groups in total. The van der Waals surface area contributed by atoms with Gasteiger partial charge >= 0.3 is 0 Å². The van der Waals surface area contributed by atoms with Gasteiger partial charge in [0.15, 0.2) is 6.17 Å². The van der Waals surface area contributed by atoms with Gasteiger partial charge in [0.1, 0.15) is 19.0 Å². The molecule has 1 amide bonds. The monoisotopic (exact) mass is 547 g/mol. The van der Waals surface area contributed by atoms with Gasteiger partial charge in [-0.1, -0.05) is 64.5 Å². The Hall–Kier alpha value is -2.84.